The van der Waals surface area contributed by atoms with Gasteiger partial charge in [0.25, 0.3) is 0 Å². The maximum atomic E-state index is 11.2. The molecule has 4 heteroatoms. The van der Waals surface area contributed by atoms with Crippen LogP contribution in [0.5, 0.6) is 0 Å². The molecule has 88 valence electrons. The van der Waals surface area contributed by atoms with E-state index in [1.54, 1.807) is 18.3 Å². The first-order chi connectivity index (χ1) is 8.74. The molecule has 0 atom stereocenters. The third-order valence-corrected chi connectivity index (χ3v) is 2.87. The van der Waals surface area contributed by atoms with Crippen molar-refractivity contribution in [1.82, 2.24) is 4.98 Å². The molecule has 0 radical (unpaired) electrons. The highest BCUT2D eigenvalue weighted by atomic mass is 16.1. The summed E-state index contributed by atoms with van der Waals surface area (Å²) in [5, 5.41) is 0. The number of fused-ring (bicyclic) bond motifs is 1. The topological polar surface area (TPSA) is 71.2 Å². The number of amides is 1. The van der Waals surface area contributed by atoms with Crippen molar-refractivity contribution in [3.05, 3.63) is 53.3 Å². The van der Waals surface area contributed by atoms with Gasteiger partial charge in [-0.2, -0.15) is 0 Å². The van der Waals surface area contributed by atoms with Gasteiger partial charge < -0.3 is 10.7 Å². The Morgan fingerprint density at radius 2 is 2.22 bits per heavy atom. The maximum Gasteiger partial charge on any atom is 0.248 e. The SMILES string of the molecule is NC(=O)c1ccc2c(c1)C(=Cc1ccc[nH]1)C=N2. The number of aromatic amines is 1. The molecule has 18 heavy (non-hydrogen) atoms. The molecule has 2 heterocycles. The molecule has 0 saturated carbocycles. The Kier molecular flexibility index (Phi) is 2.34. The Balaban J connectivity index is 2.07. The normalized spacial score (nSPS) is 15.0. The van der Waals surface area contributed by atoms with Crippen LogP contribution in [0.1, 0.15) is 21.6 Å². The number of hydrogen-bond donors (Lipinski definition) is 2. The van der Waals surface area contributed by atoms with Gasteiger partial charge in [0.1, 0.15) is 0 Å². The first-order valence-electron chi connectivity index (χ1n) is 5.57. The zero-order valence-corrected chi connectivity index (χ0v) is 9.55. The number of H-pyrrole nitrogens is 1. The second-order valence-electron chi connectivity index (χ2n) is 4.08. The van der Waals surface area contributed by atoms with Gasteiger partial charge in [-0.3, -0.25) is 9.79 Å². The van der Waals surface area contributed by atoms with Gasteiger partial charge >= 0.3 is 0 Å². The minimum Gasteiger partial charge on any atom is -0.366 e. The minimum atomic E-state index is -0.427. The van der Waals surface area contributed by atoms with Crippen LogP contribution in [-0.4, -0.2) is 17.1 Å². The average Bonchev–Trinajstić information content (AvgIpc) is 2.99. The first kappa shape index (κ1) is 10.5. The number of allylic oxidation sites excluding steroid dienone is 1. The Bertz CT molecular complexity index is 666. The summed E-state index contributed by atoms with van der Waals surface area (Å²) in [7, 11) is 0. The van der Waals surface area contributed by atoms with Crippen LogP contribution in [0, 0.1) is 0 Å². The standard InChI is InChI=1S/C14H11N3O/c15-14(18)9-3-4-13-12(7-9)10(8-17-13)6-11-2-1-5-16-11/h1-8,16H,(H2,15,18). The second kappa shape index (κ2) is 4.00. The van der Waals surface area contributed by atoms with Crippen LogP contribution in [0.25, 0.3) is 11.6 Å². The van der Waals surface area contributed by atoms with Crippen LogP contribution in [0.3, 0.4) is 0 Å². The van der Waals surface area contributed by atoms with Crippen LogP contribution in [0.15, 0.2) is 41.5 Å². The molecule has 0 fully saturated rings. The Labute approximate surface area is 104 Å². The number of benzene rings is 1. The lowest BCUT2D eigenvalue weighted by Crippen LogP contribution is -2.10. The molecule has 1 aliphatic rings. The van der Waals surface area contributed by atoms with Crippen molar-refractivity contribution >= 4 is 29.5 Å². The summed E-state index contributed by atoms with van der Waals surface area (Å²) >= 11 is 0. The van der Waals surface area contributed by atoms with Crippen molar-refractivity contribution in [2.45, 2.75) is 0 Å². The molecule has 0 bridgehead atoms. The van der Waals surface area contributed by atoms with E-state index in [1.807, 2.05) is 30.5 Å². The lowest BCUT2D eigenvalue weighted by atomic mass is 10.0. The number of hydrogen-bond acceptors (Lipinski definition) is 2. The molecule has 0 unspecified atom stereocenters. The smallest absolute Gasteiger partial charge is 0.248 e. The van der Waals surface area contributed by atoms with Gasteiger partial charge in [-0.05, 0) is 36.4 Å². The predicted octanol–water partition coefficient (Wildman–Crippen LogP) is 2.37. The summed E-state index contributed by atoms with van der Waals surface area (Å²) in [5.41, 5.74) is 9.53. The molecular weight excluding hydrogens is 226 g/mol. The van der Waals surface area contributed by atoms with E-state index < -0.39 is 5.91 Å². The zero-order chi connectivity index (χ0) is 12.5. The molecular formula is C14H11N3O. The minimum absolute atomic E-state index is 0.427. The number of carbonyl (C=O) groups excluding carboxylic acids is 1. The van der Waals surface area contributed by atoms with Crippen LogP contribution in [-0.2, 0) is 0 Å². The van der Waals surface area contributed by atoms with Gasteiger partial charge in [-0.15, -0.1) is 0 Å². The lowest BCUT2D eigenvalue weighted by molar-refractivity contribution is 0.100. The third kappa shape index (κ3) is 1.73. The summed E-state index contributed by atoms with van der Waals surface area (Å²) in [6.45, 7) is 0. The van der Waals surface area contributed by atoms with Crippen LogP contribution in [0.2, 0.25) is 0 Å². The number of nitrogens with zero attached hydrogens (tertiary/aromatic N) is 1. The van der Waals surface area contributed by atoms with Crippen LogP contribution < -0.4 is 5.73 Å². The monoisotopic (exact) mass is 237 g/mol. The number of aromatic nitrogens is 1. The van der Waals surface area contributed by atoms with Crippen molar-refractivity contribution in [1.29, 1.82) is 0 Å². The lowest BCUT2D eigenvalue weighted by Gasteiger charge is -2.02. The molecule has 0 spiro atoms. The van der Waals surface area contributed by atoms with Gasteiger partial charge in [0.2, 0.25) is 5.91 Å². The summed E-state index contributed by atoms with van der Waals surface area (Å²) in [6.07, 6.45) is 5.63. The van der Waals surface area contributed by atoms with Gasteiger partial charge in [0, 0.05) is 34.8 Å². The summed E-state index contributed by atoms with van der Waals surface area (Å²) in [5.74, 6) is -0.427. The molecule has 3 N–H and O–H groups in total. The van der Waals surface area contributed by atoms with Crippen molar-refractivity contribution in [3.8, 4) is 0 Å². The summed E-state index contributed by atoms with van der Waals surface area (Å²) < 4.78 is 0. The van der Waals surface area contributed by atoms with Crippen molar-refractivity contribution in [2.24, 2.45) is 10.7 Å². The summed E-state index contributed by atoms with van der Waals surface area (Å²) in [6, 6.07) is 9.17. The Hall–Kier alpha value is -2.62. The van der Waals surface area contributed by atoms with E-state index in [2.05, 4.69) is 9.98 Å². The summed E-state index contributed by atoms with van der Waals surface area (Å²) in [4.78, 5) is 18.6. The molecule has 1 amide bonds. The molecule has 1 aromatic carbocycles. The van der Waals surface area contributed by atoms with E-state index in [0.29, 0.717) is 5.56 Å². The quantitative estimate of drug-likeness (QED) is 0.827. The van der Waals surface area contributed by atoms with E-state index in [0.717, 1.165) is 22.5 Å². The average molecular weight is 237 g/mol. The number of nitrogens with one attached hydrogen (secondary N) is 1. The van der Waals surface area contributed by atoms with Gasteiger partial charge in [0.15, 0.2) is 0 Å². The van der Waals surface area contributed by atoms with Crippen molar-refractivity contribution in [3.63, 3.8) is 0 Å². The molecule has 1 aromatic heterocycles. The van der Waals surface area contributed by atoms with Crippen LogP contribution >= 0.6 is 0 Å². The highest BCUT2D eigenvalue weighted by molar-refractivity contribution is 6.21. The fourth-order valence-corrected chi connectivity index (χ4v) is 1.96. The fourth-order valence-electron chi connectivity index (χ4n) is 1.96. The maximum absolute atomic E-state index is 11.2. The zero-order valence-electron chi connectivity index (χ0n) is 9.55. The third-order valence-electron chi connectivity index (χ3n) is 2.87. The number of carbonyl (C=O) groups is 1. The van der Waals surface area contributed by atoms with Gasteiger partial charge in [0.05, 0.1) is 5.69 Å². The fraction of sp³-hybridized carbons (Fsp3) is 0. The van der Waals surface area contributed by atoms with Crippen molar-refractivity contribution < 1.29 is 4.79 Å². The highest BCUT2D eigenvalue weighted by Gasteiger charge is 2.14. The number of rotatable bonds is 2. The van der Waals surface area contributed by atoms with E-state index >= 15 is 0 Å². The molecule has 4 nitrogen and oxygen atoms in total. The Morgan fingerprint density at radius 1 is 1.33 bits per heavy atom. The molecule has 2 aromatic rings. The van der Waals surface area contributed by atoms with Gasteiger partial charge in [-0.25, -0.2) is 0 Å². The molecule has 0 saturated heterocycles. The van der Waals surface area contributed by atoms with E-state index in [-0.39, 0.29) is 0 Å². The largest absolute Gasteiger partial charge is 0.366 e. The molecule has 3 rings (SSSR count). The van der Waals surface area contributed by atoms with Gasteiger partial charge in [-0.1, -0.05) is 0 Å². The van der Waals surface area contributed by atoms with Crippen LogP contribution in [0.4, 0.5) is 5.69 Å². The Morgan fingerprint density at radius 3 is 2.94 bits per heavy atom. The number of nitrogens with two attached hydrogens (primary N) is 1. The number of aliphatic imine (C=N–C) groups is 1. The van der Waals surface area contributed by atoms with E-state index in [1.165, 1.54) is 0 Å². The first-order valence-corrected chi connectivity index (χ1v) is 5.57. The number of primary amides is 1. The highest BCUT2D eigenvalue weighted by Crippen LogP contribution is 2.33. The molecule has 1 aliphatic heterocycles. The molecule has 0 aliphatic carbocycles. The second-order valence-corrected chi connectivity index (χ2v) is 4.08. The van der Waals surface area contributed by atoms with E-state index in [4.69, 9.17) is 5.73 Å². The van der Waals surface area contributed by atoms with E-state index in [9.17, 15) is 4.79 Å². The van der Waals surface area contributed by atoms with Crippen molar-refractivity contribution in [2.75, 3.05) is 0 Å². The predicted molar refractivity (Wildman–Crippen MR) is 71.8 cm³/mol.